The molecule has 0 spiro atoms. The summed E-state index contributed by atoms with van der Waals surface area (Å²) in [5.41, 5.74) is 7.11. The molecule has 1 aromatic carbocycles. The quantitative estimate of drug-likeness (QED) is 0.854. The van der Waals surface area contributed by atoms with Gasteiger partial charge in [-0.2, -0.15) is 0 Å². The molecule has 0 atom stereocenters. The summed E-state index contributed by atoms with van der Waals surface area (Å²) in [5, 5.41) is 2.92. The Hall–Kier alpha value is -1.68. The van der Waals surface area contributed by atoms with Crippen LogP contribution in [0.25, 0.3) is 10.6 Å². The van der Waals surface area contributed by atoms with Crippen molar-refractivity contribution in [1.82, 2.24) is 4.98 Å². The van der Waals surface area contributed by atoms with Crippen LogP contribution in [0.2, 0.25) is 0 Å². The van der Waals surface area contributed by atoms with E-state index in [2.05, 4.69) is 4.98 Å². The van der Waals surface area contributed by atoms with Gasteiger partial charge in [-0.15, -0.1) is 11.3 Å². The Kier molecular flexibility index (Phi) is 2.78. The SMILES string of the molecule is NC(=O)Cc1ccc(-c2nccs2)cc1. The van der Waals surface area contributed by atoms with Crippen LogP contribution >= 0.6 is 11.3 Å². The maximum Gasteiger partial charge on any atom is 0.221 e. The third-order valence-corrected chi connectivity index (χ3v) is 2.83. The van der Waals surface area contributed by atoms with Crippen molar-refractivity contribution >= 4 is 17.2 Å². The molecule has 0 saturated heterocycles. The maximum atomic E-state index is 10.7. The first-order valence-corrected chi connectivity index (χ1v) is 5.41. The van der Waals surface area contributed by atoms with Gasteiger partial charge < -0.3 is 5.73 Å². The van der Waals surface area contributed by atoms with Crippen LogP contribution in [0.5, 0.6) is 0 Å². The summed E-state index contributed by atoms with van der Waals surface area (Å²) < 4.78 is 0. The second-order valence-corrected chi connectivity index (χ2v) is 4.07. The molecule has 0 radical (unpaired) electrons. The van der Waals surface area contributed by atoms with Crippen LogP contribution in [0.3, 0.4) is 0 Å². The molecule has 76 valence electrons. The molecule has 2 rings (SSSR count). The van der Waals surface area contributed by atoms with Gasteiger partial charge in [-0.3, -0.25) is 4.79 Å². The summed E-state index contributed by atoms with van der Waals surface area (Å²) in [6, 6.07) is 7.72. The summed E-state index contributed by atoms with van der Waals surface area (Å²) in [7, 11) is 0. The van der Waals surface area contributed by atoms with Crippen LogP contribution in [0, 0.1) is 0 Å². The van der Waals surface area contributed by atoms with Crippen molar-refractivity contribution in [3.05, 3.63) is 41.4 Å². The van der Waals surface area contributed by atoms with Crippen LogP contribution < -0.4 is 5.73 Å². The summed E-state index contributed by atoms with van der Waals surface area (Å²) >= 11 is 1.59. The van der Waals surface area contributed by atoms with E-state index in [4.69, 9.17) is 5.73 Å². The second kappa shape index (κ2) is 4.23. The van der Waals surface area contributed by atoms with Crippen LogP contribution in [-0.2, 0) is 11.2 Å². The van der Waals surface area contributed by atoms with E-state index < -0.39 is 0 Å². The van der Waals surface area contributed by atoms with Gasteiger partial charge in [0.15, 0.2) is 0 Å². The minimum Gasteiger partial charge on any atom is -0.369 e. The number of thiazole rings is 1. The third-order valence-electron chi connectivity index (χ3n) is 2.01. The van der Waals surface area contributed by atoms with Crippen LogP contribution in [0.1, 0.15) is 5.56 Å². The molecule has 0 aliphatic carbocycles. The predicted molar refractivity (Wildman–Crippen MR) is 60.4 cm³/mol. The number of amides is 1. The zero-order valence-corrected chi connectivity index (χ0v) is 8.83. The molecule has 1 amide bonds. The maximum absolute atomic E-state index is 10.7. The molecule has 0 fully saturated rings. The fourth-order valence-electron chi connectivity index (χ4n) is 1.33. The Morgan fingerprint density at radius 3 is 2.60 bits per heavy atom. The molecule has 2 N–H and O–H groups in total. The minimum atomic E-state index is -0.308. The molecule has 0 unspecified atom stereocenters. The van der Waals surface area contributed by atoms with Gasteiger partial charge in [-0.1, -0.05) is 24.3 Å². The number of hydrogen-bond donors (Lipinski definition) is 1. The summed E-state index contributed by atoms with van der Waals surface area (Å²) in [6.07, 6.45) is 2.06. The number of nitrogens with two attached hydrogens (primary N) is 1. The third kappa shape index (κ3) is 2.41. The Morgan fingerprint density at radius 2 is 2.07 bits per heavy atom. The lowest BCUT2D eigenvalue weighted by molar-refractivity contribution is -0.117. The topological polar surface area (TPSA) is 56.0 Å². The molecule has 4 heteroatoms. The molecule has 0 bridgehead atoms. The van der Waals surface area contributed by atoms with Gasteiger partial charge in [0.25, 0.3) is 0 Å². The van der Waals surface area contributed by atoms with Crippen molar-refractivity contribution in [3.8, 4) is 10.6 Å². The molecule has 3 nitrogen and oxygen atoms in total. The molecule has 2 aromatic rings. The van der Waals surface area contributed by atoms with Gasteiger partial charge in [-0.25, -0.2) is 4.98 Å². The summed E-state index contributed by atoms with van der Waals surface area (Å²) in [4.78, 5) is 14.9. The lowest BCUT2D eigenvalue weighted by Gasteiger charge is -1.99. The molecular formula is C11H10N2OS. The van der Waals surface area contributed by atoms with E-state index in [1.807, 2.05) is 29.6 Å². The lowest BCUT2D eigenvalue weighted by Crippen LogP contribution is -2.13. The molecule has 0 aliphatic heterocycles. The van der Waals surface area contributed by atoms with Gasteiger partial charge in [0.05, 0.1) is 6.42 Å². The Morgan fingerprint density at radius 1 is 1.33 bits per heavy atom. The minimum absolute atomic E-state index is 0.290. The first kappa shape index (κ1) is 9.86. The highest BCUT2D eigenvalue weighted by atomic mass is 32.1. The summed E-state index contributed by atoms with van der Waals surface area (Å²) in [5.74, 6) is -0.308. The molecule has 15 heavy (non-hydrogen) atoms. The van der Waals surface area contributed by atoms with Gasteiger partial charge in [0.2, 0.25) is 5.91 Å². The summed E-state index contributed by atoms with van der Waals surface area (Å²) in [6.45, 7) is 0. The highest BCUT2D eigenvalue weighted by Crippen LogP contribution is 2.21. The lowest BCUT2D eigenvalue weighted by atomic mass is 10.1. The van der Waals surface area contributed by atoms with E-state index in [1.54, 1.807) is 17.5 Å². The zero-order chi connectivity index (χ0) is 10.7. The number of carbonyl (C=O) groups excluding carboxylic acids is 1. The number of carbonyl (C=O) groups is 1. The number of nitrogens with zero attached hydrogens (tertiary/aromatic N) is 1. The molecular weight excluding hydrogens is 208 g/mol. The molecule has 1 aromatic heterocycles. The fourth-order valence-corrected chi connectivity index (χ4v) is 1.98. The Bertz CT molecular complexity index is 448. The van der Waals surface area contributed by atoms with Gasteiger partial charge in [0.1, 0.15) is 5.01 Å². The van der Waals surface area contributed by atoms with Crippen molar-refractivity contribution in [1.29, 1.82) is 0 Å². The van der Waals surface area contributed by atoms with Crippen molar-refractivity contribution in [2.45, 2.75) is 6.42 Å². The largest absolute Gasteiger partial charge is 0.369 e. The number of hydrogen-bond acceptors (Lipinski definition) is 3. The Balaban J connectivity index is 2.21. The number of primary amides is 1. The van der Waals surface area contributed by atoms with E-state index in [0.717, 1.165) is 16.1 Å². The van der Waals surface area contributed by atoms with Crippen LogP contribution in [-0.4, -0.2) is 10.9 Å². The van der Waals surface area contributed by atoms with E-state index in [-0.39, 0.29) is 12.3 Å². The van der Waals surface area contributed by atoms with Gasteiger partial charge in [0, 0.05) is 17.1 Å². The van der Waals surface area contributed by atoms with E-state index in [9.17, 15) is 4.79 Å². The molecule has 0 aliphatic rings. The van der Waals surface area contributed by atoms with Crippen molar-refractivity contribution in [3.63, 3.8) is 0 Å². The van der Waals surface area contributed by atoms with Crippen molar-refractivity contribution in [2.75, 3.05) is 0 Å². The normalized spacial score (nSPS) is 10.1. The smallest absolute Gasteiger partial charge is 0.221 e. The van der Waals surface area contributed by atoms with Crippen LogP contribution in [0.15, 0.2) is 35.8 Å². The average Bonchev–Trinajstić information content (AvgIpc) is 2.71. The predicted octanol–water partition coefficient (Wildman–Crippen LogP) is 1.84. The highest BCUT2D eigenvalue weighted by Gasteiger charge is 2.01. The van der Waals surface area contributed by atoms with Gasteiger partial charge >= 0.3 is 0 Å². The fraction of sp³-hybridized carbons (Fsp3) is 0.0909. The number of rotatable bonds is 3. The average molecular weight is 218 g/mol. The first-order chi connectivity index (χ1) is 7.25. The standard InChI is InChI=1S/C11H10N2OS/c12-10(14)7-8-1-3-9(4-2-8)11-13-5-6-15-11/h1-6H,7H2,(H2,12,14). The highest BCUT2D eigenvalue weighted by molar-refractivity contribution is 7.13. The molecule has 1 heterocycles. The zero-order valence-electron chi connectivity index (χ0n) is 8.01. The van der Waals surface area contributed by atoms with E-state index in [1.165, 1.54) is 0 Å². The van der Waals surface area contributed by atoms with Crippen molar-refractivity contribution in [2.24, 2.45) is 5.73 Å². The van der Waals surface area contributed by atoms with Crippen molar-refractivity contribution < 1.29 is 4.79 Å². The van der Waals surface area contributed by atoms with E-state index >= 15 is 0 Å². The monoisotopic (exact) mass is 218 g/mol. The van der Waals surface area contributed by atoms with Crippen LogP contribution in [0.4, 0.5) is 0 Å². The number of benzene rings is 1. The second-order valence-electron chi connectivity index (χ2n) is 3.18. The number of aromatic nitrogens is 1. The Labute approximate surface area is 91.6 Å². The molecule has 0 saturated carbocycles. The first-order valence-electron chi connectivity index (χ1n) is 4.53. The van der Waals surface area contributed by atoms with Gasteiger partial charge in [-0.05, 0) is 5.56 Å². The van der Waals surface area contributed by atoms with E-state index in [0.29, 0.717) is 0 Å².